The zero-order chi connectivity index (χ0) is 12.3. The highest BCUT2D eigenvalue weighted by Crippen LogP contribution is 2.22. The number of nitro benzene ring substituents is 1. The van der Waals surface area contributed by atoms with Crippen molar-refractivity contribution < 1.29 is 14.5 Å². The molecule has 80 valence electrons. The van der Waals surface area contributed by atoms with Gasteiger partial charge in [0.05, 0.1) is 10.5 Å². The summed E-state index contributed by atoms with van der Waals surface area (Å²) in [6.07, 6.45) is 0.328. The molecule has 0 saturated heterocycles. The number of rotatable bonds is 3. The molecule has 0 aromatic heterocycles. The molecule has 2 N–H and O–H groups in total. The molecule has 7 nitrogen and oxygen atoms in total. The number of aldehydes is 1. The number of nitro groups is 1. The average molecular weight is 219 g/mol. The molecule has 1 amide bonds. The van der Waals surface area contributed by atoms with Crippen LogP contribution in [0.25, 0.3) is 0 Å². The van der Waals surface area contributed by atoms with Crippen molar-refractivity contribution in [2.45, 2.75) is 0 Å². The summed E-state index contributed by atoms with van der Waals surface area (Å²) in [6, 6.07) is 3.41. The lowest BCUT2D eigenvalue weighted by molar-refractivity contribution is -0.385. The SMILES string of the molecule is N#Cc1cc([N+](=O)[O-])c(C(N)=O)cc1C=O. The van der Waals surface area contributed by atoms with Crippen molar-refractivity contribution in [1.29, 1.82) is 5.26 Å². The van der Waals surface area contributed by atoms with Gasteiger partial charge in [0.15, 0.2) is 6.29 Å². The minimum absolute atomic E-state index is 0.109. The van der Waals surface area contributed by atoms with Gasteiger partial charge in [-0.1, -0.05) is 0 Å². The van der Waals surface area contributed by atoms with E-state index in [4.69, 9.17) is 11.0 Å². The minimum Gasteiger partial charge on any atom is -0.365 e. The Bertz CT molecular complexity index is 530. The molecule has 0 unspecified atom stereocenters. The first kappa shape index (κ1) is 11.3. The summed E-state index contributed by atoms with van der Waals surface area (Å²) in [7, 11) is 0. The molecule has 0 aliphatic carbocycles. The number of amides is 1. The zero-order valence-corrected chi connectivity index (χ0v) is 7.84. The Hall–Kier alpha value is -2.75. The predicted octanol–water partition coefficient (Wildman–Crippen LogP) is 0.378. The maximum Gasteiger partial charge on any atom is 0.283 e. The van der Waals surface area contributed by atoms with Gasteiger partial charge in [-0.15, -0.1) is 0 Å². The van der Waals surface area contributed by atoms with Crippen LogP contribution in [0, 0.1) is 21.4 Å². The molecule has 0 aliphatic heterocycles. The second kappa shape index (κ2) is 4.18. The Labute approximate surface area is 89.2 Å². The fourth-order valence-corrected chi connectivity index (χ4v) is 1.15. The first-order chi connectivity index (χ1) is 7.51. The molecule has 0 fully saturated rings. The van der Waals surface area contributed by atoms with E-state index in [9.17, 15) is 19.7 Å². The van der Waals surface area contributed by atoms with Crippen molar-refractivity contribution in [3.8, 4) is 6.07 Å². The number of nitrogens with zero attached hydrogens (tertiary/aromatic N) is 2. The molecular formula is C9H5N3O4. The van der Waals surface area contributed by atoms with E-state index in [1.54, 1.807) is 6.07 Å². The van der Waals surface area contributed by atoms with E-state index in [1.165, 1.54) is 0 Å². The van der Waals surface area contributed by atoms with E-state index in [-0.39, 0.29) is 11.1 Å². The number of hydrogen-bond donors (Lipinski definition) is 1. The summed E-state index contributed by atoms with van der Waals surface area (Å²) in [5.74, 6) is -1.03. The molecule has 1 aromatic rings. The smallest absolute Gasteiger partial charge is 0.283 e. The summed E-state index contributed by atoms with van der Waals surface area (Å²) >= 11 is 0. The molecule has 16 heavy (non-hydrogen) atoms. The average Bonchev–Trinajstić information content (AvgIpc) is 2.26. The zero-order valence-electron chi connectivity index (χ0n) is 7.84. The number of carbonyl (C=O) groups excluding carboxylic acids is 2. The highest BCUT2D eigenvalue weighted by Gasteiger charge is 2.21. The number of nitrogens with two attached hydrogens (primary N) is 1. The fraction of sp³-hybridized carbons (Fsp3) is 0. The Balaban J connectivity index is 3.62. The van der Waals surface area contributed by atoms with Gasteiger partial charge < -0.3 is 5.73 Å². The molecule has 0 radical (unpaired) electrons. The quantitative estimate of drug-likeness (QED) is 0.446. The van der Waals surface area contributed by atoms with Crippen LogP contribution >= 0.6 is 0 Å². The Morgan fingerprint density at radius 3 is 2.56 bits per heavy atom. The van der Waals surface area contributed by atoms with E-state index >= 15 is 0 Å². The fourth-order valence-electron chi connectivity index (χ4n) is 1.15. The van der Waals surface area contributed by atoms with Gasteiger partial charge in [-0.25, -0.2) is 0 Å². The predicted molar refractivity (Wildman–Crippen MR) is 51.7 cm³/mol. The number of carbonyl (C=O) groups is 2. The number of nitriles is 1. The highest BCUT2D eigenvalue weighted by molar-refractivity contribution is 5.99. The van der Waals surface area contributed by atoms with Crippen LogP contribution in [-0.4, -0.2) is 17.1 Å². The lowest BCUT2D eigenvalue weighted by Crippen LogP contribution is -2.14. The monoisotopic (exact) mass is 219 g/mol. The maximum absolute atomic E-state index is 10.9. The largest absolute Gasteiger partial charge is 0.365 e. The van der Waals surface area contributed by atoms with Crippen LogP contribution < -0.4 is 5.73 Å². The van der Waals surface area contributed by atoms with Crippen molar-refractivity contribution in [2.24, 2.45) is 5.73 Å². The first-order valence-corrected chi connectivity index (χ1v) is 3.98. The molecule has 7 heteroatoms. The molecule has 0 heterocycles. The van der Waals surface area contributed by atoms with Gasteiger partial charge >= 0.3 is 0 Å². The van der Waals surface area contributed by atoms with Gasteiger partial charge in [0.1, 0.15) is 11.6 Å². The summed E-state index contributed by atoms with van der Waals surface area (Å²) in [5.41, 5.74) is 3.66. The summed E-state index contributed by atoms with van der Waals surface area (Å²) in [5, 5.41) is 19.2. The third-order valence-corrected chi connectivity index (χ3v) is 1.88. The molecular weight excluding hydrogens is 214 g/mol. The van der Waals surface area contributed by atoms with Crippen LogP contribution in [0.2, 0.25) is 0 Å². The van der Waals surface area contributed by atoms with E-state index in [0.29, 0.717) is 6.29 Å². The maximum atomic E-state index is 10.9. The normalized spacial score (nSPS) is 9.19. The molecule has 1 aromatic carbocycles. The second-order valence-corrected chi connectivity index (χ2v) is 2.81. The highest BCUT2D eigenvalue weighted by atomic mass is 16.6. The Morgan fingerprint density at radius 1 is 1.56 bits per heavy atom. The van der Waals surface area contributed by atoms with Crippen LogP contribution in [0.1, 0.15) is 26.3 Å². The Morgan fingerprint density at radius 2 is 2.19 bits per heavy atom. The number of benzene rings is 1. The van der Waals surface area contributed by atoms with Crippen LogP contribution in [0.4, 0.5) is 5.69 Å². The van der Waals surface area contributed by atoms with Crippen molar-refractivity contribution in [3.63, 3.8) is 0 Å². The van der Waals surface area contributed by atoms with Crippen LogP contribution in [0.15, 0.2) is 12.1 Å². The first-order valence-electron chi connectivity index (χ1n) is 3.98. The lowest BCUT2D eigenvalue weighted by atomic mass is 10.0. The van der Waals surface area contributed by atoms with E-state index in [2.05, 4.69) is 0 Å². The van der Waals surface area contributed by atoms with Crippen LogP contribution in [-0.2, 0) is 0 Å². The number of primary amides is 1. The second-order valence-electron chi connectivity index (χ2n) is 2.81. The summed E-state index contributed by atoms with van der Waals surface area (Å²) in [6.45, 7) is 0. The van der Waals surface area contributed by atoms with Gasteiger partial charge in [0.2, 0.25) is 0 Å². The van der Waals surface area contributed by atoms with Crippen molar-refractivity contribution in [1.82, 2.24) is 0 Å². The van der Waals surface area contributed by atoms with Gasteiger partial charge in [-0.2, -0.15) is 5.26 Å². The third kappa shape index (κ3) is 1.85. The summed E-state index contributed by atoms with van der Waals surface area (Å²) < 4.78 is 0. The lowest BCUT2D eigenvalue weighted by Gasteiger charge is -2.01. The molecule has 0 bridgehead atoms. The van der Waals surface area contributed by atoms with E-state index in [1.807, 2.05) is 0 Å². The Kier molecular flexibility index (Phi) is 2.96. The van der Waals surface area contributed by atoms with Gasteiger partial charge in [-0.05, 0) is 6.07 Å². The van der Waals surface area contributed by atoms with Crippen molar-refractivity contribution in [3.05, 3.63) is 38.9 Å². The van der Waals surface area contributed by atoms with E-state index < -0.39 is 22.1 Å². The third-order valence-electron chi connectivity index (χ3n) is 1.88. The molecule has 0 saturated carbocycles. The van der Waals surface area contributed by atoms with Crippen molar-refractivity contribution in [2.75, 3.05) is 0 Å². The van der Waals surface area contributed by atoms with E-state index in [0.717, 1.165) is 12.1 Å². The molecule has 1 rings (SSSR count). The molecule has 0 spiro atoms. The molecule has 0 aliphatic rings. The topological polar surface area (TPSA) is 127 Å². The summed E-state index contributed by atoms with van der Waals surface area (Å²) in [4.78, 5) is 31.2. The van der Waals surface area contributed by atoms with Crippen LogP contribution in [0.5, 0.6) is 0 Å². The number of hydrogen-bond acceptors (Lipinski definition) is 5. The minimum atomic E-state index is -1.03. The standard InChI is InChI=1S/C9H5N3O4/c10-3-5-2-8(12(15)16)7(9(11)14)1-6(5)4-13/h1-2,4H,(H2,11,14). The van der Waals surface area contributed by atoms with Crippen molar-refractivity contribution >= 4 is 17.9 Å². The van der Waals surface area contributed by atoms with Gasteiger partial charge in [0.25, 0.3) is 11.6 Å². The molecule has 0 atom stereocenters. The van der Waals surface area contributed by atoms with Gasteiger partial charge in [0, 0.05) is 11.6 Å². The van der Waals surface area contributed by atoms with Gasteiger partial charge in [-0.3, -0.25) is 19.7 Å². The van der Waals surface area contributed by atoms with Crippen LogP contribution in [0.3, 0.4) is 0 Å².